The Morgan fingerprint density at radius 2 is 2.20 bits per heavy atom. The predicted octanol–water partition coefficient (Wildman–Crippen LogP) is 0.505. The third-order valence-corrected chi connectivity index (χ3v) is 3.64. The Labute approximate surface area is 117 Å². The fourth-order valence-electron chi connectivity index (χ4n) is 2.66. The minimum absolute atomic E-state index is 0.276. The number of benzene rings is 1. The minimum atomic E-state index is -0.465. The van der Waals surface area contributed by atoms with Crippen LogP contribution >= 0.6 is 0 Å². The van der Waals surface area contributed by atoms with Crippen LogP contribution in [0, 0.1) is 0 Å². The smallest absolute Gasteiger partial charge is 0.340 e. The molecule has 108 valence electrons. The average molecular weight is 277 g/mol. The third-order valence-electron chi connectivity index (χ3n) is 3.64. The Morgan fingerprint density at radius 1 is 1.45 bits per heavy atom. The van der Waals surface area contributed by atoms with Gasteiger partial charge in [-0.2, -0.15) is 0 Å². The number of methoxy groups -OCH3 is 1. The molecule has 2 rings (SSSR count). The van der Waals surface area contributed by atoms with E-state index in [0.29, 0.717) is 17.8 Å². The Hall–Kier alpha value is -2.08. The molecular formula is C14H19N3O3. The largest absolute Gasteiger partial charge is 0.465 e. The van der Waals surface area contributed by atoms with Gasteiger partial charge in [-0.25, -0.2) is 4.79 Å². The molecule has 0 saturated carbocycles. The fraction of sp³-hybridized carbons (Fsp3) is 0.429. The molecule has 0 radical (unpaired) electrons. The zero-order valence-corrected chi connectivity index (χ0v) is 11.5. The summed E-state index contributed by atoms with van der Waals surface area (Å²) in [4.78, 5) is 25.2. The van der Waals surface area contributed by atoms with Crippen LogP contribution in [0.1, 0.15) is 28.8 Å². The van der Waals surface area contributed by atoms with E-state index in [0.717, 1.165) is 24.9 Å². The van der Waals surface area contributed by atoms with Crippen LogP contribution in [0.3, 0.4) is 0 Å². The highest BCUT2D eigenvalue weighted by molar-refractivity contribution is 5.96. The highest BCUT2D eigenvalue weighted by Gasteiger charge is 2.30. The van der Waals surface area contributed by atoms with Crippen LogP contribution in [0.25, 0.3) is 0 Å². The molecule has 0 bridgehead atoms. The summed E-state index contributed by atoms with van der Waals surface area (Å²) in [7, 11) is 1.32. The van der Waals surface area contributed by atoms with E-state index in [2.05, 4.69) is 0 Å². The van der Waals surface area contributed by atoms with Gasteiger partial charge in [0, 0.05) is 12.2 Å². The molecule has 1 heterocycles. The Balaban J connectivity index is 2.27. The standard InChI is InChI=1S/C14H19N3O3/c1-20-14(19)12-9(4-2-5-10(12)15)8-17-7-3-6-11(17)13(16)18/h2,4-5,11H,3,6-8,15H2,1H3,(H2,16,18). The van der Waals surface area contributed by atoms with Crippen molar-refractivity contribution in [1.82, 2.24) is 4.90 Å². The van der Waals surface area contributed by atoms with Gasteiger partial charge in [0.15, 0.2) is 0 Å². The SMILES string of the molecule is COC(=O)c1c(N)cccc1CN1CCCC1C(N)=O. The van der Waals surface area contributed by atoms with Crippen LogP contribution in [-0.2, 0) is 16.1 Å². The summed E-state index contributed by atoms with van der Waals surface area (Å²) in [5.74, 6) is -0.793. The topological polar surface area (TPSA) is 98.7 Å². The highest BCUT2D eigenvalue weighted by atomic mass is 16.5. The second-order valence-corrected chi connectivity index (χ2v) is 4.90. The number of anilines is 1. The normalized spacial score (nSPS) is 18.9. The predicted molar refractivity (Wildman–Crippen MR) is 74.8 cm³/mol. The summed E-state index contributed by atoms with van der Waals surface area (Å²) >= 11 is 0. The quantitative estimate of drug-likeness (QED) is 0.617. The minimum Gasteiger partial charge on any atom is -0.465 e. The van der Waals surface area contributed by atoms with Crippen molar-refractivity contribution >= 4 is 17.6 Å². The zero-order valence-electron chi connectivity index (χ0n) is 11.5. The lowest BCUT2D eigenvalue weighted by Crippen LogP contribution is -2.40. The molecule has 1 atom stereocenters. The lowest BCUT2D eigenvalue weighted by Gasteiger charge is -2.23. The lowest BCUT2D eigenvalue weighted by atomic mass is 10.0. The van der Waals surface area contributed by atoms with Gasteiger partial charge in [-0.3, -0.25) is 9.69 Å². The van der Waals surface area contributed by atoms with Gasteiger partial charge in [0.25, 0.3) is 0 Å². The highest BCUT2D eigenvalue weighted by Crippen LogP contribution is 2.24. The number of esters is 1. The maximum atomic E-state index is 11.8. The van der Waals surface area contributed by atoms with Gasteiger partial charge in [0.05, 0.1) is 18.7 Å². The number of nitrogens with zero attached hydrogens (tertiary/aromatic N) is 1. The van der Waals surface area contributed by atoms with E-state index in [9.17, 15) is 9.59 Å². The van der Waals surface area contributed by atoms with Crippen LogP contribution in [-0.4, -0.2) is 36.5 Å². The summed E-state index contributed by atoms with van der Waals surface area (Å²) in [6.07, 6.45) is 1.68. The summed E-state index contributed by atoms with van der Waals surface area (Å²) in [5.41, 5.74) is 12.8. The van der Waals surface area contributed by atoms with Gasteiger partial charge < -0.3 is 16.2 Å². The third kappa shape index (κ3) is 2.75. The number of primary amides is 1. The van der Waals surface area contributed by atoms with Crippen LogP contribution in [0.2, 0.25) is 0 Å². The maximum Gasteiger partial charge on any atom is 0.340 e. The van der Waals surface area contributed by atoms with Crippen molar-refractivity contribution in [3.8, 4) is 0 Å². The van der Waals surface area contributed by atoms with Crippen molar-refractivity contribution in [2.45, 2.75) is 25.4 Å². The first kappa shape index (κ1) is 14.3. The number of nitrogens with two attached hydrogens (primary N) is 2. The van der Waals surface area contributed by atoms with Crippen molar-refractivity contribution in [2.75, 3.05) is 19.4 Å². The first-order valence-corrected chi connectivity index (χ1v) is 6.53. The monoisotopic (exact) mass is 277 g/mol. The van der Waals surface area contributed by atoms with Crippen molar-refractivity contribution in [2.24, 2.45) is 5.73 Å². The molecule has 1 fully saturated rings. The maximum absolute atomic E-state index is 11.8. The van der Waals surface area contributed by atoms with Gasteiger partial charge in [0.1, 0.15) is 0 Å². The van der Waals surface area contributed by atoms with Gasteiger partial charge >= 0.3 is 5.97 Å². The molecule has 6 heteroatoms. The second kappa shape index (κ2) is 5.92. The molecule has 1 aromatic rings. The van der Waals surface area contributed by atoms with E-state index in [1.165, 1.54) is 7.11 Å². The van der Waals surface area contributed by atoms with E-state index in [4.69, 9.17) is 16.2 Å². The molecule has 20 heavy (non-hydrogen) atoms. The molecule has 1 amide bonds. The number of carbonyl (C=O) groups is 2. The van der Waals surface area contributed by atoms with Crippen LogP contribution < -0.4 is 11.5 Å². The van der Waals surface area contributed by atoms with Crippen LogP contribution in [0.15, 0.2) is 18.2 Å². The molecule has 0 spiro atoms. The summed E-state index contributed by atoms with van der Waals surface area (Å²) in [6.45, 7) is 1.24. The molecule has 0 aromatic heterocycles. The van der Waals surface area contributed by atoms with Gasteiger partial charge in [-0.15, -0.1) is 0 Å². The molecule has 6 nitrogen and oxygen atoms in total. The number of likely N-dealkylation sites (tertiary alicyclic amines) is 1. The number of amides is 1. The molecule has 1 saturated heterocycles. The Morgan fingerprint density at radius 3 is 2.85 bits per heavy atom. The molecule has 1 aliphatic heterocycles. The second-order valence-electron chi connectivity index (χ2n) is 4.90. The van der Waals surface area contributed by atoms with Gasteiger partial charge in [-0.05, 0) is 31.0 Å². The number of ether oxygens (including phenoxy) is 1. The van der Waals surface area contributed by atoms with Gasteiger partial charge in [0.2, 0.25) is 5.91 Å². The first-order chi connectivity index (χ1) is 9.54. The number of hydrogen-bond acceptors (Lipinski definition) is 5. The molecule has 1 unspecified atom stereocenters. The molecule has 0 aliphatic carbocycles. The number of rotatable bonds is 4. The zero-order chi connectivity index (χ0) is 14.7. The number of carbonyl (C=O) groups excluding carboxylic acids is 2. The lowest BCUT2D eigenvalue weighted by molar-refractivity contribution is -0.122. The Bertz CT molecular complexity index is 530. The number of nitrogen functional groups attached to an aromatic ring is 1. The van der Waals surface area contributed by atoms with Crippen LogP contribution in [0.4, 0.5) is 5.69 Å². The molecule has 4 N–H and O–H groups in total. The molecule has 1 aromatic carbocycles. The van der Waals surface area contributed by atoms with Gasteiger partial charge in [-0.1, -0.05) is 12.1 Å². The fourth-order valence-corrected chi connectivity index (χ4v) is 2.66. The van der Waals surface area contributed by atoms with Crippen molar-refractivity contribution in [1.29, 1.82) is 0 Å². The summed E-state index contributed by atoms with van der Waals surface area (Å²) in [6, 6.07) is 4.98. The van der Waals surface area contributed by atoms with Crippen LogP contribution in [0.5, 0.6) is 0 Å². The van der Waals surface area contributed by atoms with E-state index in [1.54, 1.807) is 12.1 Å². The molecule has 1 aliphatic rings. The van der Waals surface area contributed by atoms with E-state index >= 15 is 0 Å². The number of hydrogen-bond donors (Lipinski definition) is 2. The van der Waals surface area contributed by atoms with E-state index in [-0.39, 0.29) is 11.9 Å². The van der Waals surface area contributed by atoms with E-state index < -0.39 is 5.97 Å². The summed E-state index contributed by atoms with van der Waals surface area (Å²) < 4.78 is 4.77. The summed E-state index contributed by atoms with van der Waals surface area (Å²) in [5, 5.41) is 0. The first-order valence-electron chi connectivity index (χ1n) is 6.53. The average Bonchev–Trinajstić information content (AvgIpc) is 2.86. The van der Waals surface area contributed by atoms with Crippen molar-refractivity contribution in [3.05, 3.63) is 29.3 Å². The van der Waals surface area contributed by atoms with Crippen molar-refractivity contribution in [3.63, 3.8) is 0 Å². The van der Waals surface area contributed by atoms with Crippen molar-refractivity contribution < 1.29 is 14.3 Å². The Kier molecular flexibility index (Phi) is 4.24. The molecular weight excluding hydrogens is 258 g/mol. The van der Waals surface area contributed by atoms with E-state index in [1.807, 2.05) is 11.0 Å².